The summed E-state index contributed by atoms with van der Waals surface area (Å²) in [5.41, 5.74) is 12.4. The van der Waals surface area contributed by atoms with Crippen molar-refractivity contribution in [2.45, 2.75) is 37.8 Å². The molecule has 1 aliphatic carbocycles. The molecular formula is C13H18ClN3O. The van der Waals surface area contributed by atoms with Gasteiger partial charge in [0.1, 0.15) is 0 Å². The van der Waals surface area contributed by atoms with Crippen LogP contribution in [0, 0.1) is 0 Å². The molecular weight excluding hydrogens is 250 g/mol. The number of nitrogens with one attached hydrogen (secondary N) is 1. The summed E-state index contributed by atoms with van der Waals surface area (Å²) in [6.07, 6.45) is 4.28. The summed E-state index contributed by atoms with van der Waals surface area (Å²) in [7, 11) is 0. The number of halogens is 1. The minimum atomic E-state index is -0.469. The standard InChI is InChI=1S/C13H18ClN3O/c14-11-6-8(13(16)18)4-5-12(11)17-10-3-1-2-9(15)7-10/h4-6,9-10,17H,1-3,7,15H2,(H2,16,18). The number of rotatable bonds is 3. The van der Waals surface area contributed by atoms with Crippen molar-refractivity contribution >= 4 is 23.2 Å². The molecule has 1 aromatic rings. The average Bonchev–Trinajstić information content (AvgIpc) is 2.31. The summed E-state index contributed by atoms with van der Waals surface area (Å²) < 4.78 is 0. The Morgan fingerprint density at radius 2 is 2.17 bits per heavy atom. The number of hydrogen-bond donors (Lipinski definition) is 3. The van der Waals surface area contributed by atoms with Gasteiger partial charge in [-0.3, -0.25) is 4.79 Å². The summed E-state index contributed by atoms with van der Waals surface area (Å²) in [6, 6.07) is 5.68. The number of hydrogen-bond acceptors (Lipinski definition) is 3. The molecule has 5 heteroatoms. The van der Waals surface area contributed by atoms with Gasteiger partial charge in [0.2, 0.25) is 5.91 Å². The number of carbonyl (C=O) groups excluding carboxylic acids is 1. The Hall–Kier alpha value is -1.26. The molecule has 18 heavy (non-hydrogen) atoms. The summed E-state index contributed by atoms with van der Waals surface area (Å²) in [5, 5.41) is 3.90. The van der Waals surface area contributed by atoms with E-state index in [1.54, 1.807) is 18.2 Å². The van der Waals surface area contributed by atoms with Gasteiger partial charge in [0.25, 0.3) is 0 Å². The van der Waals surface area contributed by atoms with Crippen molar-refractivity contribution in [3.63, 3.8) is 0 Å². The highest BCUT2D eigenvalue weighted by Crippen LogP contribution is 2.27. The second-order valence-electron chi connectivity index (χ2n) is 4.83. The quantitative estimate of drug-likeness (QED) is 0.785. The fourth-order valence-electron chi connectivity index (χ4n) is 2.36. The Bertz CT molecular complexity index is 450. The lowest BCUT2D eigenvalue weighted by atomic mass is 9.91. The molecule has 1 aliphatic rings. The van der Waals surface area contributed by atoms with E-state index in [2.05, 4.69) is 5.32 Å². The fraction of sp³-hybridized carbons (Fsp3) is 0.462. The van der Waals surface area contributed by atoms with Gasteiger partial charge in [0.15, 0.2) is 0 Å². The lowest BCUT2D eigenvalue weighted by molar-refractivity contribution is 0.100. The maximum absolute atomic E-state index is 11.0. The average molecular weight is 268 g/mol. The van der Waals surface area contributed by atoms with Crippen LogP contribution in [0.2, 0.25) is 5.02 Å². The number of benzene rings is 1. The molecule has 5 N–H and O–H groups in total. The molecule has 2 unspecified atom stereocenters. The van der Waals surface area contributed by atoms with Gasteiger partial charge in [-0.25, -0.2) is 0 Å². The Morgan fingerprint density at radius 1 is 1.39 bits per heavy atom. The molecule has 0 saturated heterocycles. The Balaban J connectivity index is 2.07. The summed E-state index contributed by atoms with van der Waals surface area (Å²) in [5.74, 6) is -0.469. The predicted octanol–water partition coefficient (Wildman–Crippen LogP) is 2.12. The van der Waals surface area contributed by atoms with E-state index in [4.69, 9.17) is 23.1 Å². The van der Waals surface area contributed by atoms with Gasteiger partial charge in [-0.15, -0.1) is 0 Å². The van der Waals surface area contributed by atoms with E-state index in [0.29, 0.717) is 16.6 Å². The van der Waals surface area contributed by atoms with Crippen molar-refractivity contribution in [2.24, 2.45) is 11.5 Å². The number of nitrogens with two attached hydrogens (primary N) is 2. The fourth-order valence-corrected chi connectivity index (χ4v) is 2.60. The van der Waals surface area contributed by atoms with Gasteiger partial charge in [0, 0.05) is 17.6 Å². The van der Waals surface area contributed by atoms with Crippen LogP contribution < -0.4 is 16.8 Å². The SMILES string of the molecule is NC(=O)c1ccc(NC2CCCC(N)C2)c(Cl)c1. The van der Waals surface area contributed by atoms with Crippen LogP contribution in [0.3, 0.4) is 0 Å². The number of primary amides is 1. The van der Waals surface area contributed by atoms with Crippen LogP contribution in [0.4, 0.5) is 5.69 Å². The van der Waals surface area contributed by atoms with E-state index in [1.165, 1.54) is 0 Å². The van der Waals surface area contributed by atoms with Crippen molar-refractivity contribution in [3.05, 3.63) is 28.8 Å². The molecule has 1 aromatic carbocycles. The van der Waals surface area contributed by atoms with Gasteiger partial charge < -0.3 is 16.8 Å². The summed E-state index contributed by atoms with van der Waals surface area (Å²) >= 11 is 6.13. The second-order valence-corrected chi connectivity index (χ2v) is 5.23. The van der Waals surface area contributed by atoms with Crippen LogP contribution in [0.1, 0.15) is 36.0 Å². The normalized spacial score (nSPS) is 23.7. The highest BCUT2D eigenvalue weighted by atomic mass is 35.5. The molecule has 98 valence electrons. The molecule has 0 spiro atoms. The molecule has 2 rings (SSSR count). The van der Waals surface area contributed by atoms with E-state index in [1.807, 2.05) is 0 Å². The van der Waals surface area contributed by atoms with Crippen LogP contribution >= 0.6 is 11.6 Å². The number of amides is 1. The highest BCUT2D eigenvalue weighted by molar-refractivity contribution is 6.33. The maximum atomic E-state index is 11.0. The van der Waals surface area contributed by atoms with Gasteiger partial charge in [-0.1, -0.05) is 11.6 Å². The number of carbonyl (C=O) groups is 1. The van der Waals surface area contributed by atoms with E-state index >= 15 is 0 Å². The molecule has 0 radical (unpaired) electrons. The van der Waals surface area contributed by atoms with Crippen LogP contribution in [-0.4, -0.2) is 18.0 Å². The molecule has 0 bridgehead atoms. The van der Waals surface area contributed by atoms with Gasteiger partial charge in [-0.2, -0.15) is 0 Å². The van der Waals surface area contributed by atoms with Gasteiger partial charge >= 0.3 is 0 Å². The van der Waals surface area contributed by atoms with Crippen LogP contribution in [0.25, 0.3) is 0 Å². The Morgan fingerprint density at radius 3 is 2.78 bits per heavy atom. The van der Waals surface area contributed by atoms with E-state index in [0.717, 1.165) is 31.4 Å². The van der Waals surface area contributed by atoms with E-state index < -0.39 is 5.91 Å². The topological polar surface area (TPSA) is 81.1 Å². The monoisotopic (exact) mass is 267 g/mol. The van der Waals surface area contributed by atoms with Crippen LogP contribution in [0.5, 0.6) is 0 Å². The largest absolute Gasteiger partial charge is 0.381 e. The third-order valence-corrected chi connectivity index (χ3v) is 3.64. The Labute approximate surface area is 112 Å². The first-order chi connectivity index (χ1) is 8.56. The molecule has 4 nitrogen and oxygen atoms in total. The van der Waals surface area contributed by atoms with Gasteiger partial charge in [-0.05, 0) is 43.9 Å². The second kappa shape index (κ2) is 5.59. The van der Waals surface area contributed by atoms with E-state index in [9.17, 15) is 4.79 Å². The minimum Gasteiger partial charge on any atom is -0.381 e. The lowest BCUT2D eigenvalue weighted by Gasteiger charge is -2.28. The first-order valence-electron chi connectivity index (χ1n) is 6.17. The zero-order chi connectivity index (χ0) is 13.1. The van der Waals surface area contributed by atoms with Crippen molar-refractivity contribution in [3.8, 4) is 0 Å². The minimum absolute atomic E-state index is 0.264. The lowest BCUT2D eigenvalue weighted by Crippen LogP contribution is -2.34. The third-order valence-electron chi connectivity index (χ3n) is 3.33. The van der Waals surface area contributed by atoms with E-state index in [-0.39, 0.29) is 6.04 Å². The molecule has 1 amide bonds. The highest BCUT2D eigenvalue weighted by Gasteiger charge is 2.19. The first-order valence-corrected chi connectivity index (χ1v) is 6.55. The van der Waals surface area contributed by atoms with Gasteiger partial charge in [0.05, 0.1) is 10.7 Å². The first kappa shape index (κ1) is 13.2. The molecule has 0 aliphatic heterocycles. The molecule has 0 heterocycles. The van der Waals surface area contributed by atoms with Crippen LogP contribution in [0.15, 0.2) is 18.2 Å². The zero-order valence-electron chi connectivity index (χ0n) is 10.2. The third kappa shape index (κ3) is 3.15. The molecule has 1 saturated carbocycles. The summed E-state index contributed by atoms with van der Waals surface area (Å²) in [4.78, 5) is 11.0. The van der Waals surface area contributed by atoms with Crippen molar-refractivity contribution in [1.82, 2.24) is 0 Å². The molecule has 0 aromatic heterocycles. The smallest absolute Gasteiger partial charge is 0.248 e. The summed E-state index contributed by atoms with van der Waals surface area (Å²) in [6.45, 7) is 0. The number of anilines is 1. The van der Waals surface area contributed by atoms with Crippen molar-refractivity contribution in [2.75, 3.05) is 5.32 Å². The zero-order valence-corrected chi connectivity index (χ0v) is 10.9. The molecule has 2 atom stereocenters. The van der Waals surface area contributed by atoms with Crippen molar-refractivity contribution in [1.29, 1.82) is 0 Å². The predicted molar refractivity (Wildman–Crippen MR) is 73.8 cm³/mol. The van der Waals surface area contributed by atoms with Crippen molar-refractivity contribution < 1.29 is 4.79 Å². The van der Waals surface area contributed by atoms with Crippen LogP contribution in [-0.2, 0) is 0 Å². The molecule has 1 fully saturated rings. The Kier molecular flexibility index (Phi) is 4.09. The maximum Gasteiger partial charge on any atom is 0.248 e.